The number of allylic oxidation sites excluding steroid dienone is 2. The van der Waals surface area contributed by atoms with Gasteiger partial charge in [0.25, 0.3) is 5.91 Å². The van der Waals surface area contributed by atoms with Crippen molar-refractivity contribution in [3.8, 4) is 0 Å². The minimum absolute atomic E-state index is 0.137. The lowest BCUT2D eigenvalue weighted by atomic mass is 9.49. The third-order valence-electron chi connectivity index (χ3n) is 5.14. The van der Waals surface area contributed by atoms with E-state index in [0.29, 0.717) is 11.3 Å². The second kappa shape index (κ2) is 5.95. The van der Waals surface area contributed by atoms with E-state index in [9.17, 15) is 4.79 Å². The maximum absolute atomic E-state index is 11.8. The fraction of sp³-hybridized carbons (Fsp3) is 0.444. The molecular formula is C18H23N3O. The van der Waals surface area contributed by atoms with Gasteiger partial charge in [0.2, 0.25) is 0 Å². The normalized spacial score (nSPS) is 25.3. The van der Waals surface area contributed by atoms with E-state index >= 15 is 0 Å². The van der Waals surface area contributed by atoms with Gasteiger partial charge in [-0.3, -0.25) is 4.79 Å². The van der Waals surface area contributed by atoms with E-state index in [-0.39, 0.29) is 12.5 Å². The fourth-order valence-electron chi connectivity index (χ4n) is 3.50. The van der Waals surface area contributed by atoms with Crippen LogP contribution < -0.4 is 10.7 Å². The number of anilines is 1. The molecule has 0 aromatic heterocycles. The quantitative estimate of drug-likeness (QED) is 0.648. The topological polar surface area (TPSA) is 53.5 Å². The van der Waals surface area contributed by atoms with Crippen molar-refractivity contribution in [3.05, 3.63) is 42.0 Å². The Balaban J connectivity index is 1.46. The van der Waals surface area contributed by atoms with Crippen LogP contribution in [0.25, 0.3) is 0 Å². The molecule has 1 saturated carbocycles. The molecule has 1 amide bonds. The van der Waals surface area contributed by atoms with Gasteiger partial charge < -0.3 is 5.32 Å². The van der Waals surface area contributed by atoms with Crippen molar-refractivity contribution in [3.63, 3.8) is 0 Å². The largest absolute Gasteiger partial charge is 0.376 e. The monoisotopic (exact) mass is 297 g/mol. The molecule has 3 aliphatic carbocycles. The minimum atomic E-state index is -0.137. The van der Waals surface area contributed by atoms with Crippen LogP contribution in [-0.2, 0) is 4.79 Å². The number of carbonyl (C=O) groups excluding carboxylic acids is 1. The lowest BCUT2D eigenvalue weighted by molar-refractivity contribution is -0.119. The Labute approximate surface area is 131 Å². The highest BCUT2D eigenvalue weighted by molar-refractivity contribution is 5.84. The highest BCUT2D eigenvalue weighted by Gasteiger charge is 2.50. The molecule has 0 saturated heterocycles. The van der Waals surface area contributed by atoms with Crippen molar-refractivity contribution in [1.82, 2.24) is 5.43 Å². The predicted octanol–water partition coefficient (Wildman–Crippen LogP) is 3.19. The summed E-state index contributed by atoms with van der Waals surface area (Å²) in [5, 5.41) is 7.18. The number of nitrogens with zero attached hydrogens (tertiary/aromatic N) is 1. The molecule has 22 heavy (non-hydrogen) atoms. The number of amides is 1. The standard InChI is InChI=1S/C18H23N3O/c1-18(2)14-9-8-13(16(18)10-14)11-20-21-17(22)12-19-15-6-4-3-5-7-15/h3-8,11,14,16,19H,9-10,12H2,1-2H3,(H,21,22). The molecule has 0 spiro atoms. The molecule has 2 N–H and O–H groups in total. The molecule has 1 fully saturated rings. The molecule has 2 atom stereocenters. The molecule has 1 aromatic rings. The molecule has 2 bridgehead atoms. The number of hydrazone groups is 1. The van der Waals surface area contributed by atoms with Gasteiger partial charge in [-0.25, -0.2) is 5.43 Å². The Morgan fingerprint density at radius 1 is 1.36 bits per heavy atom. The second-order valence-corrected chi connectivity index (χ2v) is 6.76. The van der Waals surface area contributed by atoms with E-state index in [0.717, 1.165) is 18.0 Å². The number of nitrogens with one attached hydrogen (secondary N) is 2. The molecule has 0 heterocycles. The molecule has 4 heteroatoms. The van der Waals surface area contributed by atoms with E-state index in [4.69, 9.17) is 0 Å². The van der Waals surface area contributed by atoms with Crippen LogP contribution >= 0.6 is 0 Å². The SMILES string of the molecule is CC1(C)C2CC=C(C=NNC(=O)CNc3ccccc3)C1C2. The third kappa shape index (κ3) is 2.91. The lowest BCUT2D eigenvalue weighted by Gasteiger charge is -2.55. The summed E-state index contributed by atoms with van der Waals surface area (Å²) in [6.45, 7) is 4.88. The Bertz CT molecular complexity index is 604. The van der Waals surface area contributed by atoms with Crippen molar-refractivity contribution in [1.29, 1.82) is 0 Å². The second-order valence-electron chi connectivity index (χ2n) is 6.76. The van der Waals surface area contributed by atoms with Gasteiger partial charge >= 0.3 is 0 Å². The summed E-state index contributed by atoms with van der Waals surface area (Å²) in [5.74, 6) is 1.27. The zero-order valence-electron chi connectivity index (χ0n) is 13.2. The van der Waals surface area contributed by atoms with Gasteiger partial charge in [-0.15, -0.1) is 0 Å². The van der Waals surface area contributed by atoms with E-state index < -0.39 is 0 Å². The van der Waals surface area contributed by atoms with E-state index in [1.807, 2.05) is 36.5 Å². The van der Waals surface area contributed by atoms with Gasteiger partial charge in [0, 0.05) is 5.69 Å². The van der Waals surface area contributed by atoms with Gasteiger partial charge in [0.05, 0.1) is 12.8 Å². The molecule has 4 nitrogen and oxygen atoms in total. The highest BCUT2D eigenvalue weighted by atomic mass is 16.2. The zero-order chi connectivity index (χ0) is 15.6. The average Bonchev–Trinajstić information content (AvgIpc) is 2.54. The van der Waals surface area contributed by atoms with Gasteiger partial charge in [-0.2, -0.15) is 5.10 Å². The third-order valence-corrected chi connectivity index (χ3v) is 5.14. The minimum Gasteiger partial charge on any atom is -0.376 e. The van der Waals surface area contributed by atoms with Gasteiger partial charge in [-0.1, -0.05) is 38.1 Å². The van der Waals surface area contributed by atoms with E-state index in [1.54, 1.807) is 0 Å². The van der Waals surface area contributed by atoms with E-state index in [2.05, 4.69) is 35.8 Å². The van der Waals surface area contributed by atoms with Crippen LogP contribution in [-0.4, -0.2) is 18.7 Å². The first-order valence-corrected chi connectivity index (χ1v) is 7.88. The summed E-state index contributed by atoms with van der Waals surface area (Å²) < 4.78 is 0. The van der Waals surface area contributed by atoms with E-state index in [1.165, 1.54) is 12.0 Å². The number of rotatable bonds is 5. The molecule has 1 aromatic carbocycles. The van der Waals surface area contributed by atoms with Crippen LogP contribution in [0.4, 0.5) is 5.69 Å². The average molecular weight is 297 g/mol. The predicted molar refractivity (Wildman–Crippen MR) is 89.6 cm³/mol. The molecular weight excluding hydrogens is 274 g/mol. The molecule has 0 radical (unpaired) electrons. The summed E-state index contributed by atoms with van der Waals surface area (Å²) >= 11 is 0. The van der Waals surface area contributed by atoms with Crippen LogP contribution in [0.5, 0.6) is 0 Å². The van der Waals surface area contributed by atoms with Crippen LogP contribution in [0.2, 0.25) is 0 Å². The number of fused-ring (bicyclic) bond motifs is 1. The summed E-state index contributed by atoms with van der Waals surface area (Å²) in [6.07, 6.45) is 6.48. The van der Waals surface area contributed by atoms with Gasteiger partial charge in [-0.05, 0) is 47.8 Å². The smallest absolute Gasteiger partial charge is 0.259 e. The zero-order valence-corrected chi connectivity index (χ0v) is 13.2. The first-order chi connectivity index (χ1) is 10.6. The molecule has 116 valence electrons. The van der Waals surface area contributed by atoms with Crippen molar-refractivity contribution >= 4 is 17.8 Å². The molecule has 3 aliphatic rings. The van der Waals surface area contributed by atoms with Crippen LogP contribution in [0.1, 0.15) is 26.7 Å². The summed E-state index contributed by atoms with van der Waals surface area (Å²) in [5.41, 5.74) is 5.17. The van der Waals surface area contributed by atoms with Crippen LogP contribution in [0.3, 0.4) is 0 Å². The van der Waals surface area contributed by atoms with Crippen LogP contribution in [0, 0.1) is 17.3 Å². The van der Waals surface area contributed by atoms with Crippen LogP contribution in [0.15, 0.2) is 47.1 Å². The summed E-state index contributed by atoms with van der Waals surface area (Å²) in [6, 6.07) is 9.67. The first kappa shape index (κ1) is 14.8. The fourth-order valence-corrected chi connectivity index (χ4v) is 3.50. The number of para-hydroxylation sites is 1. The lowest BCUT2D eigenvalue weighted by Crippen LogP contribution is -2.48. The van der Waals surface area contributed by atoms with Gasteiger partial charge in [0.15, 0.2) is 0 Å². The first-order valence-electron chi connectivity index (χ1n) is 7.88. The Morgan fingerprint density at radius 3 is 2.82 bits per heavy atom. The maximum atomic E-state index is 11.8. The number of benzene rings is 1. The number of carbonyl (C=O) groups is 1. The Hall–Kier alpha value is -2.10. The van der Waals surface area contributed by atoms with Gasteiger partial charge in [0.1, 0.15) is 0 Å². The van der Waals surface area contributed by atoms with Crippen molar-refractivity contribution in [2.45, 2.75) is 26.7 Å². The summed E-state index contributed by atoms with van der Waals surface area (Å²) in [4.78, 5) is 11.8. The van der Waals surface area contributed by atoms with Crippen molar-refractivity contribution in [2.75, 3.05) is 11.9 Å². The molecule has 2 unspecified atom stereocenters. The van der Waals surface area contributed by atoms with Crippen molar-refractivity contribution < 1.29 is 4.79 Å². The Morgan fingerprint density at radius 2 is 2.14 bits per heavy atom. The number of hydrogen-bond donors (Lipinski definition) is 2. The summed E-state index contributed by atoms with van der Waals surface area (Å²) in [7, 11) is 0. The van der Waals surface area contributed by atoms with Crippen molar-refractivity contribution in [2.24, 2.45) is 22.4 Å². The molecule has 4 rings (SSSR count). The molecule has 0 aliphatic heterocycles. The number of hydrogen-bond acceptors (Lipinski definition) is 3. The highest BCUT2D eigenvalue weighted by Crippen LogP contribution is 2.58. The maximum Gasteiger partial charge on any atom is 0.259 e. The Kier molecular flexibility index (Phi) is 4.01.